The Kier molecular flexibility index (Phi) is 7.71. The van der Waals surface area contributed by atoms with E-state index in [9.17, 15) is 0 Å². The molecule has 0 saturated heterocycles. The van der Waals surface area contributed by atoms with Crippen molar-refractivity contribution in [2.45, 2.75) is 20.1 Å². The zero-order chi connectivity index (χ0) is 23.0. The van der Waals surface area contributed by atoms with Gasteiger partial charge in [-0.1, -0.05) is 71.7 Å². The summed E-state index contributed by atoms with van der Waals surface area (Å²) in [5, 5.41) is 7.89. The summed E-state index contributed by atoms with van der Waals surface area (Å²) in [6.45, 7) is 3.37. The van der Waals surface area contributed by atoms with E-state index < -0.39 is 0 Å². The molecule has 0 amide bonds. The molecular weight excluding hydrogens is 455 g/mol. The molecule has 33 heavy (non-hydrogen) atoms. The van der Waals surface area contributed by atoms with Crippen molar-refractivity contribution in [2.24, 2.45) is 5.10 Å². The summed E-state index contributed by atoms with van der Waals surface area (Å²) in [5.74, 6) is 1.37. The number of ether oxygens (including phenoxy) is 2. The van der Waals surface area contributed by atoms with E-state index in [0.29, 0.717) is 41.3 Å². The second-order valence-corrected chi connectivity index (χ2v) is 8.17. The molecule has 4 rings (SSSR count). The van der Waals surface area contributed by atoms with Crippen molar-refractivity contribution in [1.82, 2.24) is 5.43 Å². The standard InChI is InChI=1S/C27H24Cl2N2O2/c1-2-32-27-15-19(16-30-31-17-23-24(28)11-6-12-25(23)29)13-14-26(27)33-18-21-9-5-8-20-7-3-4-10-22(20)21/h3-16,31H,2,17-18H2,1H3/b30-16-. The largest absolute Gasteiger partial charge is 0.490 e. The Balaban J connectivity index is 1.44. The van der Waals surface area contributed by atoms with Crippen LogP contribution in [0.25, 0.3) is 10.8 Å². The topological polar surface area (TPSA) is 42.8 Å². The highest BCUT2D eigenvalue weighted by Crippen LogP contribution is 2.30. The fourth-order valence-electron chi connectivity index (χ4n) is 3.51. The molecule has 4 aromatic rings. The maximum atomic E-state index is 6.20. The third-order valence-electron chi connectivity index (χ3n) is 5.15. The van der Waals surface area contributed by atoms with Crippen LogP contribution in [0.5, 0.6) is 11.5 Å². The molecule has 0 spiro atoms. The SMILES string of the molecule is CCOc1cc(/C=N\NCc2c(Cl)cccc2Cl)ccc1OCc1cccc2ccccc12. The Bertz CT molecular complexity index is 1250. The number of hydrogen-bond donors (Lipinski definition) is 1. The van der Waals surface area contributed by atoms with Crippen molar-refractivity contribution in [3.63, 3.8) is 0 Å². The lowest BCUT2D eigenvalue weighted by atomic mass is 10.1. The first kappa shape index (κ1) is 23.0. The maximum Gasteiger partial charge on any atom is 0.161 e. The van der Waals surface area contributed by atoms with E-state index in [2.05, 4.69) is 34.8 Å². The van der Waals surface area contributed by atoms with Crippen LogP contribution in [0.1, 0.15) is 23.6 Å². The Morgan fingerprint density at radius 3 is 2.42 bits per heavy atom. The van der Waals surface area contributed by atoms with Crippen molar-refractivity contribution >= 4 is 40.2 Å². The Labute approximate surface area is 203 Å². The van der Waals surface area contributed by atoms with Crippen LogP contribution in [0.2, 0.25) is 10.0 Å². The lowest BCUT2D eigenvalue weighted by Gasteiger charge is -2.14. The van der Waals surface area contributed by atoms with E-state index in [1.807, 2.05) is 49.4 Å². The molecule has 0 atom stereocenters. The van der Waals surface area contributed by atoms with E-state index >= 15 is 0 Å². The minimum absolute atomic E-state index is 0.430. The van der Waals surface area contributed by atoms with Gasteiger partial charge in [0.15, 0.2) is 11.5 Å². The van der Waals surface area contributed by atoms with Gasteiger partial charge in [-0.2, -0.15) is 5.10 Å². The summed E-state index contributed by atoms with van der Waals surface area (Å²) >= 11 is 12.4. The van der Waals surface area contributed by atoms with Crippen LogP contribution >= 0.6 is 23.2 Å². The minimum atomic E-state index is 0.430. The zero-order valence-corrected chi connectivity index (χ0v) is 19.7. The highest BCUT2D eigenvalue weighted by Gasteiger charge is 2.08. The van der Waals surface area contributed by atoms with Gasteiger partial charge < -0.3 is 14.9 Å². The molecule has 0 aliphatic carbocycles. The summed E-state index contributed by atoms with van der Waals surface area (Å²) in [6.07, 6.45) is 1.72. The normalized spacial score (nSPS) is 11.1. The molecule has 0 heterocycles. The van der Waals surface area contributed by atoms with E-state index in [4.69, 9.17) is 32.7 Å². The van der Waals surface area contributed by atoms with Crippen LogP contribution < -0.4 is 14.9 Å². The fraction of sp³-hybridized carbons (Fsp3) is 0.148. The van der Waals surface area contributed by atoms with E-state index in [0.717, 1.165) is 16.7 Å². The molecule has 0 aliphatic rings. The summed E-state index contributed by atoms with van der Waals surface area (Å²) in [5.41, 5.74) is 5.81. The molecule has 4 nitrogen and oxygen atoms in total. The van der Waals surface area contributed by atoms with Gasteiger partial charge in [-0.3, -0.25) is 0 Å². The number of nitrogens with zero attached hydrogens (tertiary/aromatic N) is 1. The quantitative estimate of drug-likeness (QED) is 0.203. The lowest BCUT2D eigenvalue weighted by molar-refractivity contribution is 0.270. The molecule has 168 valence electrons. The van der Waals surface area contributed by atoms with E-state index in [1.54, 1.807) is 18.3 Å². The summed E-state index contributed by atoms with van der Waals surface area (Å²) < 4.78 is 12.0. The lowest BCUT2D eigenvalue weighted by Crippen LogP contribution is -2.07. The molecule has 0 saturated carbocycles. The number of fused-ring (bicyclic) bond motifs is 1. The monoisotopic (exact) mass is 478 g/mol. The van der Waals surface area contributed by atoms with Crippen molar-refractivity contribution in [2.75, 3.05) is 6.61 Å². The van der Waals surface area contributed by atoms with Gasteiger partial charge in [0.1, 0.15) is 6.61 Å². The molecule has 4 aromatic carbocycles. The highest BCUT2D eigenvalue weighted by atomic mass is 35.5. The van der Waals surface area contributed by atoms with Gasteiger partial charge in [0.25, 0.3) is 0 Å². The number of nitrogens with one attached hydrogen (secondary N) is 1. The third kappa shape index (κ3) is 5.78. The van der Waals surface area contributed by atoms with Crippen LogP contribution in [-0.2, 0) is 13.2 Å². The smallest absolute Gasteiger partial charge is 0.161 e. The predicted octanol–water partition coefficient (Wildman–Crippen LogP) is 7.25. The molecule has 0 unspecified atom stereocenters. The van der Waals surface area contributed by atoms with E-state index in [-0.39, 0.29) is 0 Å². The molecule has 0 bridgehead atoms. The third-order valence-corrected chi connectivity index (χ3v) is 5.86. The van der Waals surface area contributed by atoms with Crippen LogP contribution in [0, 0.1) is 0 Å². The summed E-state index contributed by atoms with van der Waals surface area (Å²) in [7, 11) is 0. The fourth-order valence-corrected chi connectivity index (χ4v) is 4.04. The van der Waals surface area contributed by atoms with Gasteiger partial charge in [0.2, 0.25) is 0 Å². The molecule has 0 radical (unpaired) electrons. The Morgan fingerprint density at radius 2 is 1.61 bits per heavy atom. The second kappa shape index (κ2) is 11.1. The number of halogens is 2. The Hall–Kier alpha value is -3.21. The van der Waals surface area contributed by atoms with Gasteiger partial charge in [-0.05, 0) is 59.2 Å². The number of benzene rings is 4. The van der Waals surface area contributed by atoms with Gasteiger partial charge in [-0.25, -0.2) is 0 Å². The summed E-state index contributed by atoms with van der Waals surface area (Å²) in [4.78, 5) is 0. The second-order valence-electron chi connectivity index (χ2n) is 7.36. The average Bonchev–Trinajstić information content (AvgIpc) is 2.83. The van der Waals surface area contributed by atoms with E-state index in [1.165, 1.54) is 10.8 Å². The van der Waals surface area contributed by atoms with Crippen molar-refractivity contribution < 1.29 is 9.47 Å². The first-order valence-electron chi connectivity index (χ1n) is 10.7. The van der Waals surface area contributed by atoms with Crippen LogP contribution in [0.15, 0.2) is 84.0 Å². The molecular formula is C27H24Cl2N2O2. The van der Waals surface area contributed by atoms with Crippen LogP contribution in [0.3, 0.4) is 0 Å². The summed E-state index contributed by atoms with van der Waals surface area (Å²) in [6, 6.07) is 25.7. The predicted molar refractivity (Wildman–Crippen MR) is 137 cm³/mol. The molecule has 0 aromatic heterocycles. The van der Waals surface area contributed by atoms with Crippen molar-refractivity contribution in [3.05, 3.63) is 106 Å². The molecule has 1 N–H and O–H groups in total. The van der Waals surface area contributed by atoms with Gasteiger partial charge in [0.05, 0.1) is 19.4 Å². The van der Waals surface area contributed by atoms with Crippen molar-refractivity contribution in [1.29, 1.82) is 0 Å². The van der Waals surface area contributed by atoms with Crippen molar-refractivity contribution in [3.8, 4) is 11.5 Å². The van der Waals surface area contributed by atoms with Gasteiger partial charge >= 0.3 is 0 Å². The van der Waals surface area contributed by atoms with Crippen LogP contribution in [-0.4, -0.2) is 12.8 Å². The molecule has 0 fully saturated rings. The molecule has 0 aliphatic heterocycles. The van der Waals surface area contributed by atoms with Crippen LogP contribution in [0.4, 0.5) is 0 Å². The first-order valence-corrected chi connectivity index (χ1v) is 11.5. The first-order chi connectivity index (χ1) is 16.2. The number of hydrazone groups is 1. The number of hydrogen-bond acceptors (Lipinski definition) is 4. The number of rotatable bonds is 9. The highest BCUT2D eigenvalue weighted by molar-refractivity contribution is 6.35. The minimum Gasteiger partial charge on any atom is -0.490 e. The zero-order valence-electron chi connectivity index (χ0n) is 18.2. The molecule has 6 heteroatoms. The van der Waals surface area contributed by atoms with Gasteiger partial charge in [-0.15, -0.1) is 0 Å². The maximum absolute atomic E-state index is 6.20. The van der Waals surface area contributed by atoms with Gasteiger partial charge in [0, 0.05) is 15.6 Å². The average molecular weight is 479 g/mol. The Morgan fingerprint density at radius 1 is 0.848 bits per heavy atom.